The highest BCUT2D eigenvalue weighted by molar-refractivity contribution is 6.01. The van der Waals surface area contributed by atoms with Gasteiger partial charge in [-0.2, -0.15) is 0 Å². The Balaban J connectivity index is 1.58. The Bertz CT molecular complexity index is 1000. The fraction of sp³-hybridized carbons (Fsp3) is 0.667. The molecule has 32 heavy (non-hydrogen) atoms. The van der Waals surface area contributed by atoms with E-state index in [1.807, 2.05) is 6.92 Å². The third kappa shape index (κ3) is 2.34. The number of allylic oxidation sites excluding steroid dienone is 4. The van der Waals surface area contributed by atoms with Gasteiger partial charge in [-0.05, 0) is 50.7 Å². The molecule has 0 aromatic rings. The van der Waals surface area contributed by atoms with Crippen LogP contribution < -0.4 is 0 Å². The molecule has 3 saturated carbocycles. The molecule has 0 aromatic carbocycles. The van der Waals surface area contributed by atoms with E-state index in [0.29, 0.717) is 24.8 Å². The number of ketones is 2. The fourth-order valence-corrected chi connectivity index (χ4v) is 7.66. The molecule has 1 N–H and O–H groups in total. The van der Waals surface area contributed by atoms with Crippen molar-refractivity contribution in [1.82, 2.24) is 0 Å². The highest BCUT2D eigenvalue weighted by atomic mass is 19.1. The number of aliphatic hydroxyl groups excluding tert-OH is 1. The first-order valence-electron chi connectivity index (χ1n) is 11.2. The van der Waals surface area contributed by atoms with E-state index < -0.39 is 52.5 Å². The first kappa shape index (κ1) is 21.5. The van der Waals surface area contributed by atoms with Gasteiger partial charge in [0.1, 0.15) is 0 Å². The highest BCUT2D eigenvalue weighted by Gasteiger charge is 2.78. The number of hydrogen-bond acceptors (Lipinski definition) is 7. The molecule has 3 fully saturated rings. The first-order chi connectivity index (χ1) is 15.0. The number of oxime groups is 1. The van der Waals surface area contributed by atoms with Crippen molar-refractivity contribution in [2.75, 3.05) is 6.61 Å². The highest BCUT2D eigenvalue weighted by Crippen LogP contribution is 2.71. The molecule has 0 saturated heterocycles. The van der Waals surface area contributed by atoms with E-state index in [0.717, 1.165) is 0 Å². The largest absolute Gasteiger partial charge is 0.458 e. The summed E-state index contributed by atoms with van der Waals surface area (Å²) in [6, 6.07) is 0. The Labute approximate surface area is 185 Å². The molecule has 8 heteroatoms. The van der Waals surface area contributed by atoms with Gasteiger partial charge in [0.2, 0.25) is 11.4 Å². The monoisotopic (exact) mass is 445 g/mol. The lowest BCUT2D eigenvalue weighted by Gasteiger charge is -2.62. The summed E-state index contributed by atoms with van der Waals surface area (Å²) in [5, 5.41) is 15.3. The number of rotatable bonds is 3. The van der Waals surface area contributed by atoms with E-state index in [2.05, 4.69) is 5.16 Å². The number of halogens is 1. The molecule has 8 atom stereocenters. The van der Waals surface area contributed by atoms with Crippen LogP contribution in [-0.2, 0) is 24.0 Å². The van der Waals surface area contributed by atoms with E-state index in [1.54, 1.807) is 19.2 Å². The second-order valence-electron chi connectivity index (χ2n) is 10.4. The summed E-state index contributed by atoms with van der Waals surface area (Å²) < 4.78 is 22.1. The van der Waals surface area contributed by atoms with Gasteiger partial charge in [-0.15, -0.1) is 0 Å². The normalized spacial score (nSPS) is 48.2. The van der Waals surface area contributed by atoms with Gasteiger partial charge in [-0.25, -0.2) is 4.39 Å². The number of esters is 1. The van der Waals surface area contributed by atoms with Crippen LogP contribution in [0.4, 0.5) is 4.39 Å². The Hall–Kier alpha value is -2.35. The van der Waals surface area contributed by atoms with Crippen LogP contribution in [0.15, 0.2) is 29.0 Å². The van der Waals surface area contributed by atoms with Crippen LogP contribution in [0.25, 0.3) is 0 Å². The molecular formula is C24H28FNO6. The zero-order valence-corrected chi connectivity index (χ0v) is 18.5. The standard InChI is InChI=1S/C24H28FNO6/c1-13(27)31-12-20(30)24-15(11-26-32-24)9-18-17-5-4-14-8-16(28)6-7-21(14,2)23(17,25)19(29)10-22(18,24)3/h6-8,11,15,17-19,29H,4-5,9-10,12H2,1-3H3/t15-,17-,18-,19-,21-,22-,23-,24-/m0/s1. The molecule has 0 amide bonds. The number of nitrogens with zero attached hydrogens (tertiary/aromatic N) is 1. The van der Waals surface area contributed by atoms with Crippen molar-refractivity contribution in [3.05, 3.63) is 23.8 Å². The molecule has 5 rings (SSSR count). The Morgan fingerprint density at radius 3 is 2.81 bits per heavy atom. The van der Waals surface area contributed by atoms with Crippen LogP contribution in [0, 0.1) is 28.6 Å². The van der Waals surface area contributed by atoms with Crippen molar-refractivity contribution in [3.8, 4) is 0 Å². The topological polar surface area (TPSA) is 102 Å². The van der Waals surface area contributed by atoms with Crippen molar-refractivity contribution in [2.45, 2.75) is 63.8 Å². The molecule has 0 bridgehead atoms. The molecular weight excluding hydrogens is 417 g/mol. The van der Waals surface area contributed by atoms with Crippen molar-refractivity contribution >= 4 is 23.8 Å². The average Bonchev–Trinajstić information content (AvgIpc) is 3.25. The van der Waals surface area contributed by atoms with E-state index >= 15 is 4.39 Å². The summed E-state index contributed by atoms with van der Waals surface area (Å²) in [5.41, 5.74) is -4.65. The molecule has 7 nitrogen and oxygen atoms in total. The second kappa shape index (κ2) is 6.59. The minimum atomic E-state index is -1.98. The lowest BCUT2D eigenvalue weighted by Crippen LogP contribution is -2.69. The average molecular weight is 445 g/mol. The van der Waals surface area contributed by atoms with Crippen LogP contribution in [0.5, 0.6) is 0 Å². The lowest BCUT2D eigenvalue weighted by atomic mass is 9.44. The SMILES string of the molecule is CC(=O)OCC(=O)[C@@]12ON=C[C@@H]1C[C@H]1[C@@H]3CCC4=CC(=O)C=C[C@]4(C)[C@@]3(F)[C@@H](O)C[C@@]12C. The molecule has 0 radical (unpaired) electrons. The van der Waals surface area contributed by atoms with Crippen LogP contribution in [0.1, 0.15) is 46.5 Å². The molecule has 5 aliphatic rings. The van der Waals surface area contributed by atoms with Gasteiger partial charge < -0.3 is 14.7 Å². The van der Waals surface area contributed by atoms with Crippen LogP contribution in [0.3, 0.4) is 0 Å². The van der Waals surface area contributed by atoms with Gasteiger partial charge in [0, 0.05) is 29.6 Å². The predicted molar refractivity (Wildman–Crippen MR) is 111 cm³/mol. The predicted octanol–water partition coefficient (Wildman–Crippen LogP) is 2.47. The number of hydrogen-bond donors (Lipinski definition) is 1. The molecule has 0 spiro atoms. The summed E-state index contributed by atoms with van der Waals surface area (Å²) in [5.74, 6) is -2.32. The quantitative estimate of drug-likeness (QED) is 0.670. The van der Waals surface area contributed by atoms with Gasteiger partial charge in [-0.1, -0.05) is 23.7 Å². The van der Waals surface area contributed by atoms with Crippen LogP contribution >= 0.6 is 0 Å². The van der Waals surface area contributed by atoms with Crippen molar-refractivity contribution < 1.29 is 33.5 Å². The van der Waals surface area contributed by atoms with Gasteiger partial charge in [0.25, 0.3) is 0 Å². The number of aliphatic hydroxyl groups is 1. The summed E-state index contributed by atoms with van der Waals surface area (Å²) in [6.45, 7) is 4.41. The number of Topliss-reactive ketones (excluding diaryl/α,β-unsaturated/α-hetero) is 1. The van der Waals surface area contributed by atoms with Gasteiger partial charge in [0.15, 0.2) is 18.1 Å². The summed E-state index contributed by atoms with van der Waals surface area (Å²) in [4.78, 5) is 42.4. The smallest absolute Gasteiger partial charge is 0.303 e. The number of ether oxygens (including phenoxy) is 1. The molecule has 0 aromatic heterocycles. The van der Waals surface area contributed by atoms with Gasteiger partial charge in [0.05, 0.1) is 12.3 Å². The number of alkyl halides is 1. The minimum Gasteiger partial charge on any atom is -0.458 e. The molecule has 172 valence electrons. The van der Waals surface area contributed by atoms with Crippen LogP contribution in [0.2, 0.25) is 0 Å². The third-order valence-corrected chi connectivity index (χ3v) is 9.17. The van der Waals surface area contributed by atoms with Crippen LogP contribution in [-0.4, -0.2) is 52.8 Å². The summed E-state index contributed by atoms with van der Waals surface area (Å²) >= 11 is 0. The van der Waals surface area contributed by atoms with Gasteiger partial charge >= 0.3 is 5.97 Å². The molecule has 1 aliphatic heterocycles. The Morgan fingerprint density at radius 2 is 2.09 bits per heavy atom. The molecule has 0 unspecified atom stereocenters. The lowest BCUT2D eigenvalue weighted by molar-refractivity contribution is -0.225. The van der Waals surface area contributed by atoms with Gasteiger partial charge in [-0.3, -0.25) is 14.4 Å². The van der Waals surface area contributed by atoms with Crippen molar-refractivity contribution in [3.63, 3.8) is 0 Å². The van der Waals surface area contributed by atoms with E-state index in [9.17, 15) is 19.5 Å². The maximum absolute atomic E-state index is 17.1. The Morgan fingerprint density at radius 1 is 1.34 bits per heavy atom. The maximum atomic E-state index is 17.1. The number of carbonyl (C=O) groups is 3. The molecule has 1 heterocycles. The number of fused-ring (bicyclic) bond motifs is 7. The van der Waals surface area contributed by atoms with Crippen molar-refractivity contribution in [1.29, 1.82) is 0 Å². The summed E-state index contributed by atoms with van der Waals surface area (Å²) in [6.07, 6.45) is 6.23. The minimum absolute atomic E-state index is 0.000987. The zero-order valence-electron chi connectivity index (χ0n) is 18.5. The van der Waals surface area contributed by atoms with E-state index in [1.165, 1.54) is 19.1 Å². The maximum Gasteiger partial charge on any atom is 0.303 e. The second-order valence-corrected chi connectivity index (χ2v) is 10.4. The number of carbonyl (C=O) groups excluding carboxylic acids is 3. The zero-order chi connectivity index (χ0) is 23.1. The molecule has 4 aliphatic carbocycles. The van der Waals surface area contributed by atoms with E-state index in [-0.39, 0.29) is 24.0 Å². The fourth-order valence-electron chi connectivity index (χ4n) is 7.66. The third-order valence-electron chi connectivity index (χ3n) is 9.17. The van der Waals surface area contributed by atoms with Crippen molar-refractivity contribution in [2.24, 2.45) is 33.7 Å². The Kier molecular flexibility index (Phi) is 4.43. The van der Waals surface area contributed by atoms with E-state index in [4.69, 9.17) is 9.57 Å². The first-order valence-corrected chi connectivity index (χ1v) is 11.2. The summed E-state index contributed by atoms with van der Waals surface area (Å²) in [7, 11) is 0.